The maximum atomic E-state index is 12.2. The van der Waals surface area contributed by atoms with E-state index < -0.39 is 20.6 Å². The SMILES string of the molecule is CCCCCCC1CC1S(=O)(=O)C(F)(F)F. The second-order valence-corrected chi connectivity index (χ2v) is 6.53. The van der Waals surface area contributed by atoms with Gasteiger partial charge >= 0.3 is 5.51 Å². The van der Waals surface area contributed by atoms with Gasteiger partial charge in [0.15, 0.2) is 0 Å². The van der Waals surface area contributed by atoms with Crippen molar-refractivity contribution in [1.82, 2.24) is 0 Å². The summed E-state index contributed by atoms with van der Waals surface area (Å²) < 4.78 is 58.4. The molecule has 1 aliphatic carbocycles. The maximum absolute atomic E-state index is 12.2. The number of halogens is 3. The largest absolute Gasteiger partial charge is 0.497 e. The van der Waals surface area contributed by atoms with Gasteiger partial charge in [0.25, 0.3) is 9.84 Å². The minimum Gasteiger partial charge on any atom is -0.219 e. The van der Waals surface area contributed by atoms with Gasteiger partial charge in [0.05, 0.1) is 5.25 Å². The Bertz CT molecular complexity index is 321. The Labute approximate surface area is 94.1 Å². The van der Waals surface area contributed by atoms with Crippen LogP contribution in [-0.2, 0) is 9.84 Å². The molecule has 0 radical (unpaired) electrons. The van der Waals surface area contributed by atoms with Crippen molar-refractivity contribution in [1.29, 1.82) is 0 Å². The van der Waals surface area contributed by atoms with E-state index in [-0.39, 0.29) is 12.3 Å². The van der Waals surface area contributed by atoms with E-state index in [1.165, 1.54) is 0 Å². The number of sulfone groups is 1. The zero-order chi connectivity index (χ0) is 12.4. The van der Waals surface area contributed by atoms with Crippen LogP contribution in [0, 0.1) is 5.92 Å². The van der Waals surface area contributed by atoms with Crippen molar-refractivity contribution in [3.63, 3.8) is 0 Å². The molecule has 1 aliphatic rings. The highest BCUT2D eigenvalue weighted by Gasteiger charge is 2.59. The molecule has 2 unspecified atom stereocenters. The van der Waals surface area contributed by atoms with E-state index in [9.17, 15) is 21.6 Å². The standard InChI is InChI=1S/C10H17F3O2S/c1-2-3-4-5-6-8-7-9(8)16(14,15)10(11,12)13/h8-9H,2-7H2,1H3. The topological polar surface area (TPSA) is 34.1 Å². The Balaban J connectivity index is 2.34. The summed E-state index contributed by atoms with van der Waals surface area (Å²) in [6.07, 6.45) is 4.74. The van der Waals surface area contributed by atoms with Gasteiger partial charge in [-0.2, -0.15) is 13.2 Å². The molecule has 0 aliphatic heterocycles. The number of rotatable bonds is 6. The quantitative estimate of drug-likeness (QED) is 0.685. The molecule has 1 rings (SSSR count). The Morgan fingerprint density at radius 2 is 1.81 bits per heavy atom. The first-order chi connectivity index (χ1) is 7.30. The fraction of sp³-hybridized carbons (Fsp3) is 1.00. The summed E-state index contributed by atoms with van der Waals surface area (Å²) in [5, 5.41) is -1.16. The van der Waals surface area contributed by atoms with Crippen LogP contribution in [0.15, 0.2) is 0 Å². The number of alkyl halides is 3. The van der Waals surface area contributed by atoms with Crippen LogP contribution in [0.5, 0.6) is 0 Å². The highest BCUT2D eigenvalue weighted by molar-refractivity contribution is 7.93. The molecule has 0 aromatic carbocycles. The molecule has 0 amide bonds. The molecule has 1 saturated carbocycles. The summed E-state index contributed by atoms with van der Waals surface area (Å²) in [6.45, 7) is 2.05. The van der Waals surface area contributed by atoms with E-state index >= 15 is 0 Å². The third-order valence-electron chi connectivity index (χ3n) is 3.01. The van der Waals surface area contributed by atoms with Gasteiger partial charge in [-0.25, -0.2) is 8.42 Å². The summed E-state index contributed by atoms with van der Waals surface area (Å²) in [6, 6.07) is 0. The molecule has 0 heterocycles. The number of unbranched alkanes of at least 4 members (excludes halogenated alkanes) is 3. The van der Waals surface area contributed by atoms with Gasteiger partial charge in [-0.15, -0.1) is 0 Å². The Hall–Kier alpha value is -0.260. The summed E-state index contributed by atoms with van der Waals surface area (Å²) in [4.78, 5) is 0. The highest BCUT2D eigenvalue weighted by atomic mass is 32.2. The zero-order valence-electron chi connectivity index (χ0n) is 9.26. The van der Waals surface area contributed by atoms with E-state index in [1.807, 2.05) is 6.92 Å². The molecule has 0 N–H and O–H groups in total. The summed E-state index contributed by atoms with van der Waals surface area (Å²) in [5.74, 6) is -0.261. The molecule has 96 valence electrons. The van der Waals surface area contributed by atoms with Crippen molar-refractivity contribution < 1.29 is 21.6 Å². The van der Waals surface area contributed by atoms with Crippen molar-refractivity contribution in [2.24, 2.45) is 5.92 Å². The molecule has 0 saturated heterocycles. The van der Waals surface area contributed by atoms with Crippen LogP contribution in [0.4, 0.5) is 13.2 Å². The van der Waals surface area contributed by atoms with Gasteiger partial charge < -0.3 is 0 Å². The minimum absolute atomic E-state index is 0.188. The van der Waals surface area contributed by atoms with Crippen LogP contribution in [0.25, 0.3) is 0 Å². The second-order valence-electron chi connectivity index (χ2n) is 4.37. The van der Waals surface area contributed by atoms with Gasteiger partial charge in [-0.1, -0.05) is 32.6 Å². The van der Waals surface area contributed by atoms with Crippen LogP contribution < -0.4 is 0 Å². The molecule has 6 heteroatoms. The smallest absolute Gasteiger partial charge is 0.219 e. The third kappa shape index (κ3) is 3.12. The van der Waals surface area contributed by atoms with Crippen LogP contribution in [0.1, 0.15) is 45.4 Å². The normalized spacial score (nSPS) is 25.8. The molecular formula is C10H17F3O2S. The lowest BCUT2D eigenvalue weighted by Gasteiger charge is -2.07. The first kappa shape index (κ1) is 13.8. The molecule has 2 nitrogen and oxygen atoms in total. The van der Waals surface area contributed by atoms with Gasteiger partial charge in [-0.05, 0) is 18.8 Å². The fourth-order valence-electron chi connectivity index (χ4n) is 1.91. The van der Waals surface area contributed by atoms with E-state index in [4.69, 9.17) is 0 Å². The predicted octanol–water partition coefficient (Wildman–Crippen LogP) is 3.28. The molecular weight excluding hydrogens is 241 g/mol. The van der Waals surface area contributed by atoms with Crippen molar-refractivity contribution >= 4 is 9.84 Å². The minimum atomic E-state index is -5.07. The highest BCUT2D eigenvalue weighted by Crippen LogP contribution is 2.46. The van der Waals surface area contributed by atoms with Crippen LogP contribution >= 0.6 is 0 Å². The first-order valence-corrected chi connectivity index (χ1v) is 7.15. The van der Waals surface area contributed by atoms with Gasteiger partial charge in [-0.3, -0.25) is 0 Å². The first-order valence-electron chi connectivity index (χ1n) is 5.61. The third-order valence-corrected chi connectivity index (χ3v) is 5.03. The number of hydrogen-bond donors (Lipinski definition) is 0. The van der Waals surface area contributed by atoms with E-state index in [1.54, 1.807) is 0 Å². The van der Waals surface area contributed by atoms with Crippen LogP contribution in [-0.4, -0.2) is 19.2 Å². The summed E-state index contributed by atoms with van der Waals surface area (Å²) >= 11 is 0. The lowest BCUT2D eigenvalue weighted by molar-refractivity contribution is -0.0438. The van der Waals surface area contributed by atoms with Gasteiger partial charge in [0, 0.05) is 0 Å². The molecule has 2 atom stereocenters. The monoisotopic (exact) mass is 258 g/mol. The zero-order valence-corrected chi connectivity index (χ0v) is 10.1. The lowest BCUT2D eigenvalue weighted by Crippen LogP contribution is -2.27. The Morgan fingerprint density at radius 1 is 1.19 bits per heavy atom. The average Bonchev–Trinajstić information content (AvgIpc) is 2.90. The molecule has 0 spiro atoms. The van der Waals surface area contributed by atoms with Crippen molar-refractivity contribution in [2.75, 3.05) is 0 Å². The molecule has 0 aromatic heterocycles. The molecule has 0 aromatic rings. The van der Waals surface area contributed by atoms with E-state index in [0.29, 0.717) is 6.42 Å². The van der Waals surface area contributed by atoms with Gasteiger partial charge in [0.1, 0.15) is 0 Å². The second kappa shape index (κ2) is 4.94. The van der Waals surface area contributed by atoms with Crippen molar-refractivity contribution in [3.05, 3.63) is 0 Å². The fourth-order valence-corrected chi connectivity index (χ4v) is 3.40. The van der Waals surface area contributed by atoms with Crippen molar-refractivity contribution in [3.8, 4) is 0 Å². The van der Waals surface area contributed by atoms with E-state index in [0.717, 1.165) is 25.7 Å². The summed E-state index contributed by atoms with van der Waals surface area (Å²) in [5.41, 5.74) is -5.07. The average molecular weight is 258 g/mol. The van der Waals surface area contributed by atoms with Gasteiger partial charge in [0.2, 0.25) is 0 Å². The number of hydrogen-bond acceptors (Lipinski definition) is 2. The Morgan fingerprint density at radius 3 is 2.31 bits per heavy atom. The van der Waals surface area contributed by atoms with Crippen molar-refractivity contribution in [2.45, 2.75) is 56.2 Å². The van der Waals surface area contributed by atoms with E-state index in [2.05, 4.69) is 0 Å². The predicted molar refractivity (Wildman–Crippen MR) is 55.6 cm³/mol. The molecule has 0 bridgehead atoms. The van der Waals surface area contributed by atoms with Crippen LogP contribution in [0.2, 0.25) is 0 Å². The Kier molecular flexibility index (Phi) is 4.26. The van der Waals surface area contributed by atoms with Crippen LogP contribution in [0.3, 0.4) is 0 Å². The summed E-state index contributed by atoms with van der Waals surface area (Å²) in [7, 11) is -4.90. The maximum Gasteiger partial charge on any atom is 0.497 e. The molecule has 16 heavy (non-hydrogen) atoms. The molecule has 1 fully saturated rings. The lowest BCUT2D eigenvalue weighted by atomic mass is 10.1.